The first-order valence-electron chi connectivity index (χ1n) is 11.0. The van der Waals surface area contributed by atoms with Crippen molar-refractivity contribution >= 4 is 19.0 Å². The summed E-state index contributed by atoms with van der Waals surface area (Å²) in [4.78, 5) is 24.0. The van der Waals surface area contributed by atoms with Crippen LogP contribution >= 0.6 is 7.37 Å². The zero-order valence-electron chi connectivity index (χ0n) is 19.9. The van der Waals surface area contributed by atoms with Crippen LogP contribution in [-0.4, -0.2) is 18.0 Å². The van der Waals surface area contributed by atoms with E-state index >= 15 is 0 Å². The standard InChI is InChI=1S/C25H25N2O8P/c1-16-22(25(28)32-3)23(18-7-4-8-19(13-18)27(29)30)24(17(2)26-16)36(31,15-21-10-6-12-34-21)35-14-20-9-5-11-33-20/h4-13,23,26H,14-15H2,1-3H3. The lowest BCUT2D eigenvalue weighted by Crippen LogP contribution is -2.29. The molecule has 11 heteroatoms. The highest BCUT2D eigenvalue weighted by atomic mass is 31.2. The molecule has 0 radical (unpaired) electrons. The summed E-state index contributed by atoms with van der Waals surface area (Å²) in [7, 11) is -2.56. The first-order valence-corrected chi connectivity index (χ1v) is 12.8. The van der Waals surface area contributed by atoms with Crippen molar-refractivity contribution in [2.45, 2.75) is 32.5 Å². The second-order valence-corrected chi connectivity index (χ2v) is 10.6. The number of methoxy groups -OCH3 is 1. The summed E-state index contributed by atoms with van der Waals surface area (Å²) in [5.41, 5.74) is 1.41. The molecule has 0 fully saturated rings. The SMILES string of the molecule is COC(=O)C1=C(C)NC(C)=C(P(=O)(Cc2ccco2)OCc2ccco2)C1c1cccc([N+](=O)[O-])c1. The molecule has 0 aliphatic carbocycles. The van der Waals surface area contributed by atoms with E-state index in [9.17, 15) is 19.5 Å². The van der Waals surface area contributed by atoms with Crippen molar-refractivity contribution in [3.63, 3.8) is 0 Å². The highest BCUT2D eigenvalue weighted by molar-refractivity contribution is 7.62. The third-order valence-electron chi connectivity index (χ3n) is 5.85. The number of allylic oxidation sites excluding steroid dienone is 3. The van der Waals surface area contributed by atoms with E-state index in [0.717, 1.165) is 0 Å². The van der Waals surface area contributed by atoms with Crippen molar-refractivity contribution in [1.82, 2.24) is 5.32 Å². The molecule has 0 saturated heterocycles. The molecule has 36 heavy (non-hydrogen) atoms. The monoisotopic (exact) mass is 512 g/mol. The van der Waals surface area contributed by atoms with Gasteiger partial charge in [0, 0.05) is 28.8 Å². The van der Waals surface area contributed by atoms with E-state index in [2.05, 4.69) is 5.32 Å². The molecule has 1 aliphatic heterocycles. The number of carbonyl (C=O) groups is 1. The molecule has 0 spiro atoms. The Balaban J connectivity index is 1.90. The number of nitro benzene ring substituents is 1. The average Bonchev–Trinajstić information content (AvgIpc) is 3.56. The van der Waals surface area contributed by atoms with E-state index in [1.165, 1.54) is 37.8 Å². The van der Waals surface area contributed by atoms with Crippen LogP contribution in [0.5, 0.6) is 0 Å². The summed E-state index contributed by atoms with van der Waals surface area (Å²) in [5.74, 6) is -0.710. The first kappa shape index (κ1) is 25.2. The zero-order valence-corrected chi connectivity index (χ0v) is 20.8. The molecule has 0 amide bonds. The fraction of sp³-hybridized carbons (Fsp3) is 0.240. The van der Waals surface area contributed by atoms with Crippen LogP contribution in [0, 0.1) is 10.1 Å². The predicted molar refractivity (Wildman–Crippen MR) is 130 cm³/mol. The minimum atomic E-state index is -3.80. The summed E-state index contributed by atoms with van der Waals surface area (Å²) in [6.45, 7) is 3.32. The quantitative estimate of drug-likeness (QED) is 0.162. The number of hydrogen-bond donors (Lipinski definition) is 1. The van der Waals surface area contributed by atoms with Gasteiger partial charge in [0.25, 0.3) is 5.69 Å². The largest absolute Gasteiger partial charge is 0.469 e. The number of furan rings is 2. The number of non-ortho nitro benzene ring substituents is 1. The average molecular weight is 512 g/mol. The van der Waals surface area contributed by atoms with Gasteiger partial charge in [-0.3, -0.25) is 14.7 Å². The molecule has 2 aromatic heterocycles. The summed E-state index contributed by atoms with van der Waals surface area (Å²) < 4.78 is 36.8. The Bertz CT molecular complexity index is 1370. The summed E-state index contributed by atoms with van der Waals surface area (Å²) >= 11 is 0. The lowest BCUT2D eigenvalue weighted by Gasteiger charge is -2.34. The number of benzene rings is 1. The van der Waals surface area contributed by atoms with Crippen LogP contribution in [-0.2, 0) is 31.4 Å². The molecule has 3 heterocycles. The van der Waals surface area contributed by atoms with Crippen LogP contribution in [0.2, 0.25) is 0 Å². The Kier molecular flexibility index (Phi) is 7.28. The van der Waals surface area contributed by atoms with Gasteiger partial charge in [-0.1, -0.05) is 12.1 Å². The Morgan fingerprint density at radius 2 is 1.78 bits per heavy atom. The Labute approximate surface area is 207 Å². The van der Waals surface area contributed by atoms with Gasteiger partial charge in [0.15, 0.2) is 0 Å². The number of hydrogen-bond acceptors (Lipinski definition) is 9. The van der Waals surface area contributed by atoms with E-state index in [-0.39, 0.29) is 29.3 Å². The van der Waals surface area contributed by atoms with Crippen molar-refractivity contribution in [3.8, 4) is 0 Å². The van der Waals surface area contributed by atoms with E-state index < -0.39 is 24.2 Å². The minimum Gasteiger partial charge on any atom is -0.469 e. The van der Waals surface area contributed by atoms with Crippen molar-refractivity contribution in [2.24, 2.45) is 0 Å². The van der Waals surface area contributed by atoms with E-state index in [4.69, 9.17) is 18.1 Å². The number of carbonyl (C=O) groups excluding carboxylic acids is 1. The van der Waals surface area contributed by atoms with Crippen molar-refractivity contribution in [1.29, 1.82) is 0 Å². The molecule has 1 aromatic carbocycles. The molecule has 2 unspecified atom stereocenters. The van der Waals surface area contributed by atoms with Crippen molar-refractivity contribution < 1.29 is 32.4 Å². The Hall–Kier alpha value is -3.88. The molecule has 188 valence electrons. The molecular formula is C25H25N2O8P. The molecule has 1 N–H and O–H groups in total. The molecule has 1 aliphatic rings. The lowest BCUT2D eigenvalue weighted by molar-refractivity contribution is -0.384. The normalized spacial score (nSPS) is 17.5. The molecular weight excluding hydrogens is 487 g/mol. The topological polar surface area (TPSA) is 134 Å². The number of esters is 1. The van der Waals surface area contributed by atoms with Gasteiger partial charge in [0.2, 0.25) is 7.37 Å². The van der Waals surface area contributed by atoms with E-state index in [0.29, 0.717) is 28.5 Å². The fourth-order valence-electron chi connectivity index (χ4n) is 4.33. The number of dihydropyridines is 1. The summed E-state index contributed by atoms with van der Waals surface area (Å²) in [5, 5.41) is 15.0. The van der Waals surface area contributed by atoms with Gasteiger partial charge in [-0.25, -0.2) is 4.79 Å². The van der Waals surface area contributed by atoms with Gasteiger partial charge in [0.05, 0.1) is 42.2 Å². The van der Waals surface area contributed by atoms with Crippen LogP contribution in [0.4, 0.5) is 5.69 Å². The van der Waals surface area contributed by atoms with Gasteiger partial charge in [-0.15, -0.1) is 0 Å². The maximum Gasteiger partial charge on any atom is 0.336 e. The summed E-state index contributed by atoms with van der Waals surface area (Å²) in [6, 6.07) is 12.6. The molecule has 4 rings (SSSR count). The molecule has 2 atom stereocenters. The van der Waals surface area contributed by atoms with E-state index in [1.54, 1.807) is 44.2 Å². The summed E-state index contributed by atoms with van der Waals surface area (Å²) in [6.07, 6.45) is 2.85. The second kappa shape index (κ2) is 10.4. The Morgan fingerprint density at radius 3 is 2.39 bits per heavy atom. The van der Waals surface area contributed by atoms with Crippen LogP contribution in [0.1, 0.15) is 36.8 Å². The lowest BCUT2D eigenvalue weighted by atomic mass is 9.86. The minimum absolute atomic E-state index is 0.0975. The van der Waals surface area contributed by atoms with Crippen molar-refractivity contribution in [3.05, 3.63) is 111 Å². The number of ether oxygens (including phenoxy) is 1. The first-order chi connectivity index (χ1) is 17.2. The maximum atomic E-state index is 14.8. The molecule has 0 saturated carbocycles. The van der Waals surface area contributed by atoms with Gasteiger partial charge in [-0.2, -0.15) is 0 Å². The zero-order chi connectivity index (χ0) is 25.9. The highest BCUT2D eigenvalue weighted by Crippen LogP contribution is 2.65. The number of nitrogens with zero attached hydrogens (tertiary/aromatic N) is 1. The van der Waals surface area contributed by atoms with Crippen LogP contribution < -0.4 is 5.32 Å². The smallest absolute Gasteiger partial charge is 0.336 e. The van der Waals surface area contributed by atoms with E-state index in [1.807, 2.05) is 0 Å². The maximum absolute atomic E-state index is 14.8. The fourth-order valence-corrected chi connectivity index (χ4v) is 6.89. The highest BCUT2D eigenvalue weighted by Gasteiger charge is 2.44. The molecule has 10 nitrogen and oxygen atoms in total. The second-order valence-electron chi connectivity index (χ2n) is 8.21. The van der Waals surface area contributed by atoms with Crippen LogP contribution in [0.3, 0.4) is 0 Å². The predicted octanol–water partition coefficient (Wildman–Crippen LogP) is 5.84. The van der Waals surface area contributed by atoms with Crippen molar-refractivity contribution in [2.75, 3.05) is 7.11 Å². The van der Waals surface area contributed by atoms with Crippen LogP contribution in [0.15, 0.2) is 92.2 Å². The van der Waals surface area contributed by atoms with Gasteiger partial charge >= 0.3 is 5.97 Å². The van der Waals surface area contributed by atoms with Gasteiger partial charge in [0.1, 0.15) is 18.1 Å². The van der Waals surface area contributed by atoms with Gasteiger partial charge < -0.3 is 23.4 Å². The van der Waals surface area contributed by atoms with Crippen LogP contribution in [0.25, 0.3) is 0 Å². The number of nitro groups is 1. The van der Waals surface area contributed by atoms with Gasteiger partial charge in [-0.05, 0) is 43.7 Å². The Morgan fingerprint density at radius 1 is 1.08 bits per heavy atom. The molecule has 3 aromatic rings. The number of nitrogens with one attached hydrogen (secondary N) is 1. The third-order valence-corrected chi connectivity index (χ3v) is 8.45. The molecule has 0 bridgehead atoms. The number of rotatable bonds is 9. The third kappa shape index (κ3) is 5.05.